The number of ether oxygens (including phenoxy) is 1. The summed E-state index contributed by atoms with van der Waals surface area (Å²) in [6.45, 7) is 0.574. The molecule has 0 heterocycles. The van der Waals surface area contributed by atoms with E-state index in [9.17, 15) is 9.18 Å². The van der Waals surface area contributed by atoms with Gasteiger partial charge in [-0.15, -0.1) is 6.42 Å². The lowest BCUT2D eigenvalue weighted by atomic mass is 10.2. The third kappa shape index (κ3) is 4.90. The van der Waals surface area contributed by atoms with E-state index in [0.29, 0.717) is 18.3 Å². The van der Waals surface area contributed by atoms with E-state index in [2.05, 4.69) is 16.6 Å². The van der Waals surface area contributed by atoms with Crippen molar-refractivity contribution in [2.45, 2.75) is 25.4 Å². The van der Waals surface area contributed by atoms with E-state index in [0.717, 1.165) is 5.56 Å². The first-order valence-corrected chi connectivity index (χ1v) is 6.53. The molecule has 4 nitrogen and oxygen atoms in total. The van der Waals surface area contributed by atoms with Gasteiger partial charge >= 0.3 is 0 Å². The predicted octanol–water partition coefficient (Wildman–Crippen LogP) is 1.21. The third-order valence-electron chi connectivity index (χ3n) is 2.86. The van der Waals surface area contributed by atoms with Crippen LogP contribution in [0.5, 0.6) is 5.75 Å². The van der Waals surface area contributed by atoms with Gasteiger partial charge in [0.15, 0.2) is 6.61 Å². The molecule has 1 aliphatic rings. The van der Waals surface area contributed by atoms with Gasteiger partial charge in [-0.05, 0) is 30.5 Å². The van der Waals surface area contributed by atoms with Gasteiger partial charge in [0.2, 0.25) is 0 Å². The molecule has 0 aromatic heterocycles. The van der Waals surface area contributed by atoms with Crippen molar-refractivity contribution in [3.05, 3.63) is 29.6 Å². The van der Waals surface area contributed by atoms with Gasteiger partial charge in [-0.2, -0.15) is 0 Å². The summed E-state index contributed by atoms with van der Waals surface area (Å²) in [6, 6.07) is 5.00. The number of nitrogens with one attached hydrogen (secondary N) is 2. The summed E-state index contributed by atoms with van der Waals surface area (Å²) in [6.07, 6.45) is 7.37. The highest BCUT2D eigenvalue weighted by molar-refractivity contribution is 5.77. The van der Waals surface area contributed by atoms with Crippen LogP contribution in [0, 0.1) is 18.2 Å². The maximum Gasteiger partial charge on any atom is 0.258 e. The summed E-state index contributed by atoms with van der Waals surface area (Å²) >= 11 is 0. The van der Waals surface area contributed by atoms with Crippen LogP contribution in [0.15, 0.2) is 18.2 Å². The molecular weight excluding hydrogens is 259 g/mol. The molecule has 1 amide bonds. The Bertz CT molecular complexity index is 521. The van der Waals surface area contributed by atoms with E-state index >= 15 is 0 Å². The van der Waals surface area contributed by atoms with E-state index in [4.69, 9.17) is 11.2 Å². The Morgan fingerprint density at radius 2 is 2.25 bits per heavy atom. The Kier molecular flexibility index (Phi) is 4.97. The molecule has 0 saturated heterocycles. The molecule has 0 radical (unpaired) electrons. The van der Waals surface area contributed by atoms with Crippen molar-refractivity contribution in [2.75, 3.05) is 13.2 Å². The maximum atomic E-state index is 13.5. The Hall–Kier alpha value is -2.06. The van der Waals surface area contributed by atoms with Gasteiger partial charge < -0.3 is 15.4 Å². The number of carbonyl (C=O) groups is 1. The van der Waals surface area contributed by atoms with Gasteiger partial charge in [0.25, 0.3) is 5.91 Å². The van der Waals surface area contributed by atoms with Gasteiger partial charge in [-0.3, -0.25) is 4.79 Å². The fourth-order valence-electron chi connectivity index (χ4n) is 1.71. The lowest BCUT2D eigenvalue weighted by Gasteiger charge is -2.09. The quantitative estimate of drug-likeness (QED) is 0.736. The highest BCUT2D eigenvalue weighted by Gasteiger charge is 2.20. The van der Waals surface area contributed by atoms with E-state index in [1.807, 2.05) is 0 Å². The second-order valence-corrected chi connectivity index (χ2v) is 4.72. The van der Waals surface area contributed by atoms with Crippen LogP contribution in [-0.2, 0) is 11.3 Å². The zero-order valence-electron chi connectivity index (χ0n) is 11.1. The van der Waals surface area contributed by atoms with Crippen LogP contribution in [0.2, 0.25) is 0 Å². The molecule has 20 heavy (non-hydrogen) atoms. The summed E-state index contributed by atoms with van der Waals surface area (Å²) in [5, 5.41) is 5.77. The number of amides is 1. The largest absolute Gasteiger partial charge is 0.484 e. The molecule has 1 aromatic rings. The minimum Gasteiger partial charge on any atom is -0.484 e. The van der Waals surface area contributed by atoms with E-state index in [-0.39, 0.29) is 24.9 Å². The van der Waals surface area contributed by atoms with E-state index in [1.54, 1.807) is 6.07 Å². The SMILES string of the molecule is C#CCNC(=O)COc1cc(F)cc(CNC2CC2)c1. The number of hydrogen-bond acceptors (Lipinski definition) is 3. The number of rotatable bonds is 7. The molecule has 2 rings (SSSR count). The van der Waals surface area contributed by atoms with Crippen molar-refractivity contribution in [3.63, 3.8) is 0 Å². The number of carbonyl (C=O) groups excluding carboxylic acids is 1. The molecule has 1 aromatic carbocycles. The highest BCUT2D eigenvalue weighted by atomic mass is 19.1. The standard InChI is InChI=1S/C15H17FN2O2/c1-2-5-17-15(19)10-20-14-7-11(6-12(16)8-14)9-18-13-3-4-13/h1,6-8,13,18H,3-5,9-10H2,(H,17,19). The molecule has 106 valence electrons. The number of benzene rings is 1. The first kappa shape index (κ1) is 14.4. The molecule has 5 heteroatoms. The van der Waals surface area contributed by atoms with Crippen molar-refractivity contribution >= 4 is 5.91 Å². The van der Waals surface area contributed by atoms with Crippen LogP contribution in [-0.4, -0.2) is 25.1 Å². The lowest BCUT2D eigenvalue weighted by molar-refractivity contribution is -0.122. The van der Waals surface area contributed by atoms with Gasteiger partial charge in [0.1, 0.15) is 11.6 Å². The molecule has 0 aliphatic heterocycles. The first-order valence-electron chi connectivity index (χ1n) is 6.53. The van der Waals surface area contributed by atoms with Crippen molar-refractivity contribution in [1.29, 1.82) is 0 Å². The highest BCUT2D eigenvalue weighted by Crippen LogP contribution is 2.21. The van der Waals surface area contributed by atoms with Crippen molar-refractivity contribution in [2.24, 2.45) is 0 Å². The van der Waals surface area contributed by atoms with E-state index in [1.165, 1.54) is 25.0 Å². The minimum absolute atomic E-state index is 0.155. The second-order valence-electron chi connectivity index (χ2n) is 4.72. The molecule has 2 N–H and O–H groups in total. The zero-order chi connectivity index (χ0) is 14.4. The van der Waals surface area contributed by atoms with Crippen LogP contribution < -0.4 is 15.4 Å². The van der Waals surface area contributed by atoms with Crippen LogP contribution in [0.4, 0.5) is 4.39 Å². The fraction of sp³-hybridized carbons (Fsp3) is 0.400. The molecule has 0 unspecified atom stereocenters. The van der Waals surface area contributed by atoms with Crippen LogP contribution in [0.25, 0.3) is 0 Å². The maximum absolute atomic E-state index is 13.5. The van der Waals surface area contributed by atoms with Crippen LogP contribution in [0.3, 0.4) is 0 Å². The van der Waals surface area contributed by atoms with Crippen molar-refractivity contribution in [1.82, 2.24) is 10.6 Å². The first-order chi connectivity index (χ1) is 9.67. The molecule has 1 fully saturated rings. The monoisotopic (exact) mass is 276 g/mol. The van der Waals surface area contributed by atoms with Crippen LogP contribution >= 0.6 is 0 Å². The summed E-state index contributed by atoms with van der Waals surface area (Å²) in [7, 11) is 0. The number of hydrogen-bond donors (Lipinski definition) is 2. The Morgan fingerprint density at radius 3 is 2.95 bits per heavy atom. The number of terminal acetylenes is 1. The normalized spacial score (nSPS) is 13.6. The molecule has 0 spiro atoms. The van der Waals surface area contributed by atoms with Gasteiger partial charge in [0, 0.05) is 18.7 Å². The summed E-state index contributed by atoms with van der Waals surface area (Å²) in [4.78, 5) is 11.3. The Morgan fingerprint density at radius 1 is 1.45 bits per heavy atom. The molecule has 1 aliphatic carbocycles. The fourth-order valence-corrected chi connectivity index (χ4v) is 1.71. The minimum atomic E-state index is -0.376. The lowest BCUT2D eigenvalue weighted by Crippen LogP contribution is -2.29. The Balaban J connectivity index is 1.86. The summed E-state index contributed by atoms with van der Waals surface area (Å²) in [5.41, 5.74) is 0.802. The molecule has 0 bridgehead atoms. The molecule has 0 atom stereocenters. The Labute approximate surface area is 117 Å². The summed E-state index contributed by atoms with van der Waals surface area (Å²) < 4.78 is 18.7. The summed E-state index contributed by atoms with van der Waals surface area (Å²) in [5.74, 6) is 1.93. The van der Waals surface area contributed by atoms with E-state index < -0.39 is 0 Å². The molecular formula is C15H17FN2O2. The van der Waals surface area contributed by atoms with Crippen molar-refractivity contribution < 1.29 is 13.9 Å². The van der Waals surface area contributed by atoms with Crippen molar-refractivity contribution in [3.8, 4) is 18.1 Å². The third-order valence-corrected chi connectivity index (χ3v) is 2.86. The topological polar surface area (TPSA) is 50.4 Å². The average Bonchev–Trinajstić information content (AvgIpc) is 3.24. The van der Waals surface area contributed by atoms with Gasteiger partial charge in [-0.25, -0.2) is 4.39 Å². The average molecular weight is 276 g/mol. The van der Waals surface area contributed by atoms with Gasteiger partial charge in [-0.1, -0.05) is 5.92 Å². The predicted molar refractivity (Wildman–Crippen MR) is 73.6 cm³/mol. The van der Waals surface area contributed by atoms with Crippen LogP contribution in [0.1, 0.15) is 18.4 Å². The smallest absolute Gasteiger partial charge is 0.258 e. The molecule has 1 saturated carbocycles. The second kappa shape index (κ2) is 6.92. The van der Waals surface area contributed by atoms with Gasteiger partial charge in [0.05, 0.1) is 6.54 Å². The zero-order valence-corrected chi connectivity index (χ0v) is 11.1. The number of halogens is 1.